The van der Waals surface area contributed by atoms with E-state index in [2.05, 4.69) is 5.48 Å². The van der Waals surface area contributed by atoms with Crippen LogP contribution in [0.1, 0.15) is 44.2 Å². The predicted octanol–water partition coefficient (Wildman–Crippen LogP) is 2.31. The quantitative estimate of drug-likeness (QED) is 0.800. The number of nitrogens with one attached hydrogen (secondary N) is 1. The lowest BCUT2D eigenvalue weighted by Gasteiger charge is -2.20. The van der Waals surface area contributed by atoms with Gasteiger partial charge in [0, 0.05) is 6.04 Å². The molecular weight excluding hydrogens is 240 g/mol. The number of amides is 1. The highest BCUT2D eigenvalue weighted by Gasteiger charge is 2.24. The summed E-state index contributed by atoms with van der Waals surface area (Å²) in [5, 5.41) is 0. The molecule has 1 aromatic rings. The van der Waals surface area contributed by atoms with Crippen LogP contribution in [0.25, 0.3) is 0 Å². The van der Waals surface area contributed by atoms with Gasteiger partial charge in [-0.3, -0.25) is 9.63 Å². The molecule has 2 rings (SSSR count). The third-order valence-electron chi connectivity index (χ3n) is 3.77. The van der Waals surface area contributed by atoms with Crippen molar-refractivity contribution < 1.29 is 9.63 Å². The van der Waals surface area contributed by atoms with Gasteiger partial charge in [0.15, 0.2) is 0 Å². The zero-order valence-corrected chi connectivity index (χ0v) is 11.3. The summed E-state index contributed by atoms with van der Waals surface area (Å²) in [5.41, 5.74) is 9.63. The van der Waals surface area contributed by atoms with Gasteiger partial charge in [-0.15, -0.1) is 0 Å². The molecule has 1 saturated carbocycles. The average molecular weight is 262 g/mol. The van der Waals surface area contributed by atoms with Crippen LogP contribution in [0.4, 0.5) is 0 Å². The summed E-state index contributed by atoms with van der Waals surface area (Å²) in [5.74, 6) is -0.466. The third kappa shape index (κ3) is 3.78. The highest BCUT2D eigenvalue weighted by molar-refractivity contribution is 5.78. The number of nitrogens with two attached hydrogens (primary N) is 1. The van der Waals surface area contributed by atoms with Crippen LogP contribution in [0.3, 0.4) is 0 Å². The summed E-state index contributed by atoms with van der Waals surface area (Å²) in [6.07, 6.45) is 4.59. The Morgan fingerprint density at radius 1 is 1.32 bits per heavy atom. The van der Waals surface area contributed by atoms with Gasteiger partial charge in [-0.25, -0.2) is 5.48 Å². The van der Waals surface area contributed by atoms with Gasteiger partial charge in [-0.2, -0.15) is 0 Å². The normalized spacial score (nSPS) is 19.1. The van der Waals surface area contributed by atoms with E-state index >= 15 is 0 Å². The van der Waals surface area contributed by atoms with Crippen molar-refractivity contribution >= 4 is 5.91 Å². The summed E-state index contributed by atoms with van der Waals surface area (Å²) in [6.45, 7) is 1.82. The Kier molecular flexibility index (Phi) is 4.93. The molecule has 1 aliphatic carbocycles. The molecule has 0 radical (unpaired) electrons. The molecule has 2 unspecified atom stereocenters. The first kappa shape index (κ1) is 14.0. The number of carbonyl (C=O) groups excluding carboxylic acids is 1. The maximum Gasteiger partial charge on any atom is 0.248 e. The van der Waals surface area contributed by atoms with Crippen LogP contribution in [0.5, 0.6) is 0 Å². The molecule has 0 aromatic heterocycles. The molecule has 2 atom stereocenters. The number of carbonyl (C=O) groups is 1. The van der Waals surface area contributed by atoms with E-state index in [1.807, 2.05) is 37.3 Å². The predicted molar refractivity (Wildman–Crippen MR) is 74.0 cm³/mol. The standard InChI is InChI=1S/C15H22N2O2/c1-11(14(16)12-7-3-2-4-8-12)15(18)17-19-13-9-5-6-10-13/h2-4,7-8,11,13-14H,5-6,9-10,16H2,1H3,(H,17,18). The third-order valence-corrected chi connectivity index (χ3v) is 3.77. The summed E-state index contributed by atoms with van der Waals surface area (Å²) < 4.78 is 0. The molecule has 4 heteroatoms. The van der Waals surface area contributed by atoms with Crippen LogP contribution < -0.4 is 11.2 Å². The molecule has 1 aromatic carbocycles. The van der Waals surface area contributed by atoms with Crippen molar-refractivity contribution in [2.24, 2.45) is 11.7 Å². The number of rotatable bonds is 5. The topological polar surface area (TPSA) is 64.3 Å². The van der Waals surface area contributed by atoms with Crippen LogP contribution >= 0.6 is 0 Å². The van der Waals surface area contributed by atoms with Crippen LogP contribution in [-0.4, -0.2) is 12.0 Å². The maximum atomic E-state index is 12.0. The summed E-state index contributed by atoms with van der Waals surface area (Å²) in [6, 6.07) is 9.35. The second kappa shape index (κ2) is 6.68. The van der Waals surface area contributed by atoms with E-state index in [9.17, 15) is 4.79 Å². The lowest BCUT2D eigenvalue weighted by molar-refractivity contribution is -0.142. The fraction of sp³-hybridized carbons (Fsp3) is 0.533. The van der Waals surface area contributed by atoms with Gasteiger partial charge in [-0.1, -0.05) is 50.1 Å². The lowest BCUT2D eigenvalue weighted by Crippen LogP contribution is -2.37. The Labute approximate surface area is 114 Å². The monoisotopic (exact) mass is 262 g/mol. The molecule has 0 saturated heterocycles. The van der Waals surface area contributed by atoms with Gasteiger partial charge in [-0.05, 0) is 18.4 Å². The van der Waals surface area contributed by atoms with E-state index in [4.69, 9.17) is 10.6 Å². The molecule has 19 heavy (non-hydrogen) atoms. The zero-order chi connectivity index (χ0) is 13.7. The number of hydroxylamine groups is 1. The number of hydrogen-bond acceptors (Lipinski definition) is 3. The molecule has 1 aliphatic rings. The first-order valence-corrected chi connectivity index (χ1v) is 6.94. The van der Waals surface area contributed by atoms with Gasteiger partial charge in [0.25, 0.3) is 0 Å². The fourth-order valence-corrected chi connectivity index (χ4v) is 2.37. The molecule has 0 spiro atoms. The minimum absolute atomic E-state index is 0.150. The van der Waals surface area contributed by atoms with Crippen LogP contribution in [0, 0.1) is 5.92 Å². The molecule has 104 valence electrons. The molecule has 1 amide bonds. The lowest BCUT2D eigenvalue weighted by atomic mass is 9.95. The van der Waals surface area contributed by atoms with E-state index in [-0.39, 0.29) is 24.0 Å². The molecule has 0 aliphatic heterocycles. The van der Waals surface area contributed by atoms with Gasteiger partial charge >= 0.3 is 0 Å². The van der Waals surface area contributed by atoms with Gasteiger partial charge < -0.3 is 5.73 Å². The van der Waals surface area contributed by atoms with Crippen molar-refractivity contribution in [2.45, 2.75) is 44.8 Å². The first-order valence-electron chi connectivity index (χ1n) is 6.94. The van der Waals surface area contributed by atoms with Crippen molar-refractivity contribution in [1.82, 2.24) is 5.48 Å². The van der Waals surface area contributed by atoms with Gasteiger partial charge in [0.1, 0.15) is 0 Å². The average Bonchev–Trinajstić information content (AvgIpc) is 2.97. The van der Waals surface area contributed by atoms with E-state index < -0.39 is 0 Å². The van der Waals surface area contributed by atoms with Crippen molar-refractivity contribution in [3.63, 3.8) is 0 Å². The first-order chi connectivity index (χ1) is 9.18. The van der Waals surface area contributed by atoms with Crippen molar-refractivity contribution in [3.8, 4) is 0 Å². The van der Waals surface area contributed by atoms with E-state index in [0.29, 0.717) is 0 Å². The Bertz CT molecular complexity index is 402. The van der Waals surface area contributed by atoms with Crippen LogP contribution in [-0.2, 0) is 9.63 Å². The number of hydrogen-bond donors (Lipinski definition) is 2. The number of benzene rings is 1. The fourth-order valence-electron chi connectivity index (χ4n) is 2.37. The van der Waals surface area contributed by atoms with Crippen LogP contribution in [0.15, 0.2) is 30.3 Å². The second-order valence-corrected chi connectivity index (χ2v) is 5.22. The van der Waals surface area contributed by atoms with E-state index in [1.165, 1.54) is 12.8 Å². The van der Waals surface area contributed by atoms with E-state index in [1.54, 1.807) is 0 Å². The highest BCUT2D eigenvalue weighted by Crippen LogP contribution is 2.21. The smallest absolute Gasteiger partial charge is 0.248 e. The molecule has 3 N–H and O–H groups in total. The minimum atomic E-state index is -0.316. The Balaban J connectivity index is 1.84. The highest BCUT2D eigenvalue weighted by atomic mass is 16.7. The van der Waals surface area contributed by atoms with Crippen molar-refractivity contribution in [2.75, 3.05) is 0 Å². The van der Waals surface area contributed by atoms with E-state index in [0.717, 1.165) is 18.4 Å². The van der Waals surface area contributed by atoms with Gasteiger partial charge in [0.05, 0.1) is 12.0 Å². The van der Waals surface area contributed by atoms with Gasteiger partial charge in [0.2, 0.25) is 5.91 Å². The summed E-state index contributed by atoms with van der Waals surface area (Å²) >= 11 is 0. The summed E-state index contributed by atoms with van der Waals surface area (Å²) in [7, 11) is 0. The SMILES string of the molecule is CC(C(=O)NOC1CCCC1)C(N)c1ccccc1. The molecule has 0 heterocycles. The second-order valence-electron chi connectivity index (χ2n) is 5.22. The minimum Gasteiger partial charge on any atom is -0.323 e. The molecule has 4 nitrogen and oxygen atoms in total. The largest absolute Gasteiger partial charge is 0.323 e. The Morgan fingerprint density at radius 2 is 1.95 bits per heavy atom. The zero-order valence-electron chi connectivity index (χ0n) is 11.3. The van der Waals surface area contributed by atoms with Crippen LogP contribution in [0.2, 0.25) is 0 Å². The van der Waals surface area contributed by atoms with Crippen molar-refractivity contribution in [3.05, 3.63) is 35.9 Å². The summed E-state index contributed by atoms with van der Waals surface area (Å²) in [4.78, 5) is 17.4. The molecule has 0 bridgehead atoms. The molecular formula is C15H22N2O2. The molecule has 1 fully saturated rings. The maximum absolute atomic E-state index is 12.0. The Morgan fingerprint density at radius 3 is 2.58 bits per heavy atom. The van der Waals surface area contributed by atoms with Crippen molar-refractivity contribution in [1.29, 1.82) is 0 Å². The Hall–Kier alpha value is -1.39.